The molecule has 0 aliphatic rings. The zero-order valence-electron chi connectivity index (χ0n) is 30.1. The van der Waals surface area contributed by atoms with Crippen molar-refractivity contribution in [3.05, 3.63) is 118 Å². The number of alkyl halides is 4. The van der Waals surface area contributed by atoms with Gasteiger partial charge in [-0.2, -0.15) is 19.6 Å². The number of nitrogens with one attached hydrogen (secondary N) is 1. The summed E-state index contributed by atoms with van der Waals surface area (Å²) in [6.07, 6.45) is 2.66. The number of hydrogen-bond donors (Lipinski definition) is 2. The number of amides is 1. The second-order valence-corrected chi connectivity index (χ2v) is 49.9. The minimum atomic E-state index is -4.84. The van der Waals surface area contributed by atoms with Crippen LogP contribution in [0.5, 0.6) is 0 Å². The van der Waals surface area contributed by atoms with Crippen LogP contribution >= 0.6 is 105 Å². The second-order valence-electron chi connectivity index (χ2n) is 11.1. The number of benzene rings is 3. The van der Waals surface area contributed by atoms with Crippen LogP contribution in [0, 0.1) is 10.5 Å². The van der Waals surface area contributed by atoms with E-state index in [0.717, 1.165) is 50.1 Å². The molecule has 3 aromatic carbocycles. The van der Waals surface area contributed by atoms with Crippen molar-refractivity contribution in [2.75, 3.05) is 0 Å². The van der Waals surface area contributed by atoms with Crippen molar-refractivity contribution in [2.45, 2.75) is 95.3 Å². The number of hydrogen-bond acceptors (Lipinski definition) is 4. The molecular formula is C37H49F3I5N5OV-. The Kier molecular flexibility index (Phi) is 30.5. The number of nitrogens with zero attached hydrogens (tertiary/aromatic N) is 3. The van der Waals surface area contributed by atoms with Gasteiger partial charge >= 0.3 is 76.9 Å². The summed E-state index contributed by atoms with van der Waals surface area (Å²) in [6, 6.07) is 25.2. The molecule has 0 aliphatic heterocycles. The Morgan fingerprint density at radius 1 is 0.885 bits per heavy atom. The second kappa shape index (κ2) is 30.4. The summed E-state index contributed by atoms with van der Waals surface area (Å²) >= 11 is 11.9. The molecule has 0 fully saturated rings. The van der Waals surface area contributed by atoms with Crippen LogP contribution in [0.4, 0.5) is 13.2 Å². The number of nitrogens with two attached hydrogens (primary N) is 1. The Hall–Kier alpha value is 0.254. The zero-order valence-corrected chi connectivity index (χ0v) is 42.2. The molecule has 4 rings (SSSR count). The van der Waals surface area contributed by atoms with E-state index in [9.17, 15) is 18.0 Å². The first kappa shape index (κ1) is 52.3. The molecule has 0 saturated carbocycles. The van der Waals surface area contributed by atoms with Crippen LogP contribution in [-0.4, -0.2) is 31.0 Å². The fourth-order valence-electron chi connectivity index (χ4n) is 3.92. The van der Waals surface area contributed by atoms with E-state index >= 15 is 0 Å². The Morgan fingerprint density at radius 2 is 1.38 bits per heavy atom. The predicted molar refractivity (Wildman–Crippen MR) is 250 cm³/mol. The average Bonchev–Trinajstić information content (AvgIpc) is 3.59. The first-order valence-electron chi connectivity index (χ1n) is 16.7. The van der Waals surface area contributed by atoms with Crippen molar-refractivity contribution in [3.63, 3.8) is 0 Å². The molecule has 3 N–H and O–H groups in total. The van der Waals surface area contributed by atoms with Crippen molar-refractivity contribution < 1.29 is 22.9 Å². The normalized spacial score (nSPS) is 12.2. The predicted octanol–water partition coefficient (Wildman–Crippen LogP) is 13.0. The van der Waals surface area contributed by atoms with E-state index in [1.807, 2.05) is 41.3 Å². The summed E-state index contributed by atoms with van der Waals surface area (Å²) in [5, 5.41) is 10.5. The summed E-state index contributed by atoms with van der Waals surface area (Å²) < 4.78 is 40.0. The van der Waals surface area contributed by atoms with Crippen molar-refractivity contribution >= 4 is 111 Å². The molecule has 1 aromatic heterocycles. The number of aromatic nitrogens is 3. The van der Waals surface area contributed by atoms with Gasteiger partial charge in [0.2, 0.25) is 0 Å². The molecule has 4 aromatic rings. The Morgan fingerprint density at radius 3 is 1.83 bits per heavy atom. The fraction of sp³-hybridized carbons (Fsp3) is 0.405. The standard InChI is InChI=1S/C19H22N4.C11H11F3INO.C4H9I.C3H7.3HI.V/c1-2-19(20)16-9-12-18(13-10-16)23-14-17(21-22-23)11-8-15-6-4-3-5-7-15;1-2-9(16-10(17)11(12,13)14)7-3-5-8(15)6-4-7;1-3-4(2)5;1-3-2;;;;/h3-7,9-10,12-14,19H,2,8,11,20H2,1H3;3-6,9H,2H2,1H3,(H,16,17);4H,3H2,1-2H3;1,3H2,2H3;3*1H;/q;;;-1;;;;+3/p-3/t19-;9-;;;;;;/m00....../s1. The minimum absolute atomic E-state index is 0.0984. The number of aryl methyl sites for hydroxylation is 2. The van der Waals surface area contributed by atoms with Gasteiger partial charge in [0.05, 0.1) is 23.6 Å². The van der Waals surface area contributed by atoms with Gasteiger partial charge in [-0.3, -0.25) is 4.79 Å². The van der Waals surface area contributed by atoms with Gasteiger partial charge in [-0.1, -0.05) is 117 Å². The Labute approximate surface area is 374 Å². The molecular weight excluding hydrogens is 1270 g/mol. The van der Waals surface area contributed by atoms with E-state index < -0.39 is 18.1 Å². The van der Waals surface area contributed by atoms with Crippen molar-refractivity contribution in [1.29, 1.82) is 0 Å². The summed E-state index contributed by atoms with van der Waals surface area (Å²) in [4.78, 5) is 10.6. The molecule has 52 heavy (non-hydrogen) atoms. The van der Waals surface area contributed by atoms with Crippen LogP contribution in [0.2, 0.25) is 0 Å². The molecule has 0 aliphatic carbocycles. The van der Waals surface area contributed by atoms with Crippen LogP contribution in [0.15, 0.2) is 85.1 Å². The van der Waals surface area contributed by atoms with Crippen LogP contribution in [0.3, 0.4) is 0 Å². The zero-order chi connectivity index (χ0) is 39.7. The molecule has 0 spiro atoms. The van der Waals surface area contributed by atoms with Crippen molar-refractivity contribution in [1.82, 2.24) is 20.3 Å². The number of carbonyl (C=O) groups is 1. The third-order valence-corrected chi connectivity index (χ3v) is 8.49. The fourth-order valence-corrected chi connectivity index (χ4v) is 4.28. The van der Waals surface area contributed by atoms with Gasteiger partial charge in [-0.25, -0.2) is 4.68 Å². The van der Waals surface area contributed by atoms with E-state index in [1.165, 1.54) is 12.0 Å². The molecule has 0 radical (unpaired) electrons. The first-order chi connectivity index (χ1) is 24.5. The summed E-state index contributed by atoms with van der Waals surface area (Å²) in [5.74, 6) is -1.90. The summed E-state index contributed by atoms with van der Waals surface area (Å²) in [7, 11) is 0. The van der Waals surface area contributed by atoms with Crippen LogP contribution in [0.25, 0.3) is 5.69 Å². The maximum absolute atomic E-state index is 12.1. The average molecular weight is 1320 g/mol. The molecule has 0 bridgehead atoms. The molecule has 3 atom stereocenters. The van der Waals surface area contributed by atoms with Crippen LogP contribution in [0.1, 0.15) is 94.8 Å². The number of rotatable bonds is 10. The molecule has 1 unspecified atom stereocenters. The quantitative estimate of drug-likeness (QED) is 0.0941. The number of halogens is 8. The third kappa shape index (κ3) is 24.7. The van der Waals surface area contributed by atoms with Gasteiger partial charge in [0.15, 0.2) is 0 Å². The van der Waals surface area contributed by atoms with Gasteiger partial charge in [0.1, 0.15) is 0 Å². The molecule has 1 heterocycles. The number of carbonyl (C=O) groups excluding carboxylic acids is 1. The molecule has 0 saturated heterocycles. The van der Waals surface area contributed by atoms with Crippen molar-refractivity contribution in [3.8, 4) is 5.69 Å². The van der Waals surface area contributed by atoms with Gasteiger partial charge < -0.3 is 18.0 Å². The van der Waals surface area contributed by atoms with E-state index in [-0.39, 0.29) is 11.0 Å². The van der Waals surface area contributed by atoms with Crippen LogP contribution < -0.4 is 11.1 Å². The molecule has 15 heteroatoms. The van der Waals surface area contributed by atoms with Gasteiger partial charge in [-0.05, 0) is 95.7 Å². The van der Waals surface area contributed by atoms with Gasteiger partial charge in [0.25, 0.3) is 0 Å². The summed E-state index contributed by atoms with van der Waals surface area (Å²) in [6.45, 7) is 13.7. The van der Waals surface area contributed by atoms with E-state index in [0.29, 0.717) is 12.0 Å². The third-order valence-electron chi connectivity index (χ3n) is 6.89. The molecule has 6 nitrogen and oxygen atoms in total. The molecule has 1 amide bonds. The van der Waals surface area contributed by atoms with Gasteiger partial charge in [0, 0.05) is 13.5 Å². The maximum atomic E-state index is 12.1. The van der Waals surface area contributed by atoms with E-state index in [4.69, 9.17) is 5.73 Å². The van der Waals surface area contributed by atoms with E-state index in [1.54, 1.807) is 31.2 Å². The molecule has 290 valence electrons. The topological polar surface area (TPSA) is 85.8 Å². The summed E-state index contributed by atoms with van der Waals surface area (Å²) in [5.41, 5.74) is 11.2. The Bertz CT molecular complexity index is 1480. The first-order valence-corrected chi connectivity index (χ1v) is 32.5. The monoisotopic (exact) mass is 1320 g/mol. The Balaban J connectivity index is 0.000000783. The van der Waals surface area contributed by atoms with Gasteiger partial charge in [-0.15, -0.1) is 5.10 Å². The SMILES string of the molecule is CCC(C)I.CC[C@H](N)c1ccc(-n2cc(CCc3ccccc3)nn2)cc1.CC[C@H](NC(=O)C(F)(F)F)c1ccc(I)cc1.[CH2-]CC.[I][V]([I])[I]. The van der Waals surface area contributed by atoms with Crippen LogP contribution in [-0.2, 0) is 22.6 Å². The van der Waals surface area contributed by atoms with E-state index in [2.05, 4.69) is 180 Å². The van der Waals surface area contributed by atoms with Crippen molar-refractivity contribution in [2.24, 2.45) is 5.73 Å².